The molecule has 0 radical (unpaired) electrons. The molecule has 94 valence electrons. The van der Waals surface area contributed by atoms with E-state index >= 15 is 0 Å². The molecule has 1 fully saturated rings. The predicted molar refractivity (Wildman–Crippen MR) is 69.4 cm³/mol. The Labute approximate surface area is 110 Å². The number of aromatic nitrogens is 4. The van der Waals surface area contributed by atoms with E-state index in [-0.39, 0.29) is 0 Å². The summed E-state index contributed by atoms with van der Waals surface area (Å²) in [4.78, 5) is 1.17. The smallest absolute Gasteiger partial charge is 0.214 e. The van der Waals surface area contributed by atoms with Crippen LogP contribution in [0, 0.1) is 0 Å². The summed E-state index contributed by atoms with van der Waals surface area (Å²) in [6.45, 7) is 0.894. The number of nitrogens with zero attached hydrogens (tertiary/aromatic N) is 4. The number of rotatable bonds is 5. The number of tetrazole rings is 1. The number of nitrogens with one attached hydrogen (secondary N) is 1. The molecule has 6 heteroatoms. The molecule has 18 heavy (non-hydrogen) atoms. The van der Waals surface area contributed by atoms with E-state index in [0.29, 0.717) is 6.04 Å². The van der Waals surface area contributed by atoms with E-state index in [0.717, 1.165) is 11.7 Å². The molecule has 0 atom stereocenters. The number of hydrogen-bond acceptors (Lipinski definition) is 5. The van der Waals surface area contributed by atoms with Gasteiger partial charge in [-0.05, 0) is 59.8 Å². The second-order valence-corrected chi connectivity index (χ2v) is 5.45. The van der Waals surface area contributed by atoms with Crippen molar-refractivity contribution in [2.45, 2.75) is 35.5 Å². The molecular weight excluding hydrogens is 246 g/mol. The van der Waals surface area contributed by atoms with Gasteiger partial charge in [-0.25, -0.2) is 4.68 Å². The molecule has 1 aliphatic carbocycles. The summed E-state index contributed by atoms with van der Waals surface area (Å²) in [6.07, 6.45) is 2.39. The Hall–Kier alpha value is -1.40. The highest BCUT2D eigenvalue weighted by Gasteiger charge is 2.27. The largest absolute Gasteiger partial charge is 0.316 e. The van der Waals surface area contributed by atoms with Crippen LogP contribution in [0.25, 0.3) is 0 Å². The molecule has 3 rings (SSSR count). The molecular formula is C12H15N5S. The van der Waals surface area contributed by atoms with Crippen LogP contribution in [-0.2, 0) is 6.54 Å². The van der Waals surface area contributed by atoms with Gasteiger partial charge in [0, 0.05) is 11.4 Å². The Kier molecular flexibility index (Phi) is 3.29. The van der Waals surface area contributed by atoms with Crippen molar-refractivity contribution in [3.8, 4) is 0 Å². The Bertz CT molecular complexity index is 518. The minimum absolute atomic E-state index is 0.520. The van der Waals surface area contributed by atoms with Gasteiger partial charge in [0.25, 0.3) is 0 Å². The molecule has 1 aromatic carbocycles. The molecule has 1 aliphatic rings. The van der Waals surface area contributed by atoms with Crippen molar-refractivity contribution >= 4 is 11.8 Å². The van der Waals surface area contributed by atoms with E-state index < -0.39 is 0 Å². The van der Waals surface area contributed by atoms with Crippen LogP contribution >= 0.6 is 11.8 Å². The summed E-state index contributed by atoms with van der Waals surface area (Å²) >= 11 is 1.62. The first kappa shape index (κ1) is 11.7. The van der Waals surface area contributed by atoms with Crippen molar-refractivity contribution in [2.24, 2.45) is 0 Å². The fourth-order valence-corrected chi connectivity index (χ4v) is 2.63. The van der Waals surface area contributed by atoms with E-state index in [2.05, 4.69) is 45.1 Å². The Morgan fingerprint density at radius 1 is 1.33 bits per heavy atom. The van der Waals surface area contributed by atoms with E-state index in [4.69, 9.17) is 0 Å². The van der Waals surface area contributed by atoms with Crippen molar-refractivity contribution < 1.29 is 0 Å². The normalized spacial score (nSPS) is 14.9. The molecule has 2 aromatic rings. The van der Waals surface area contributed by atoms with Gasteiger partial charge in [-0.1, -0.05) is 12.1 Å². The maximum atomic E-state index is 4.08. The summed E-state index contributed by atoms with van der Waals surface area (Å²) < 4.78 is 1.94. The predicted octanol–water partition coefficient (Wildman–Crippen LogP) is 1.88. The van der Waals surface area contributed by atoms with Gasteiger partial charge < -0.3 is 5.32 Å². The summed E-state index contributed by atoms with van der Waals surface area (Å²) in [7, 11) is 1.95. The van der Waals surface area contributed by atoms with Gasteiger partial charge in [0.2, 0.25) is 5.16 Å². The minimum Gasteiger partial charge on any atom is -0.316 e. The maximum Gasteiger partial charge on any atom is 0.214 e. The molecule has 1 heterocycles. The molecule has 0 amide bonds. The highest BCUT2D eigenvalue weighted by atomic mass is 32.2. The second-order valence-electron chi connectivity index (χ2n) is 4.41. The maximum absolute atomic E-state index is 4.08. The Balaban J connectivity index is 1.73. The zero-order valence-electron chi connectivity index (χ0n) is 10.2. The lowest BCUT2D eigenvalue weighted by molar-refractivity contribution is 0.565. The van der Waals surface area contributed by atoms with Gasteiger partial charge in [-0.2, -0.15) is 0 Å². The fourth-order valence-electron chi connectivity index (χ4n) is 1.79. The third kappa shape index (κ3) is 2.54. The Morgan fingerprint density at radius 2 is 2.11 bits per heavy atom. The van der Waals surface area contributed by atoms with Crippen molar-refractivity contribution in [1.82, 2.24) is 25.5 Å². The van der Waals surface area contributed by atoms with Crippen LogP contribution in [-0.4, -0.2) is 27.3 Å². The van der Waals surface area contributed by atoms with Gasteiger partial charge in [0.1, 0.15) is 0 Å². The Morgan fingerprint density at radius 3 is 2.78 bits per heavy atom. The zero-order chi connectivity index (χ0) is 12.4. The summed E-state index contributed by atoms with van der Waals surface area (Å²) in [5, 5.41) is 15.9. The number of benzene rings is 1. The molecule has 0 saturated heterocycles. The van der Waals surface area contributed by atoms with Crippen molar-refractivity contribution in [1.29, 1.82) is 0 Å². The van der Waals surface area contributed by atoms with Gasteiger partial charge in [0.05, 0.1) is 6.04 Å². The quantitative estimate of drug-likeness (QED) is 0.890. The fraction of sp³-hybridized carbons (Fsp3) is 0.417. The molecule has 0 unspecified atom stereocenters. The van der Waals surface area contributed by atoms with E-state index in [9.17, 15) is 0 Å². The monoisotopic (exact) mass is 261 g/mol. The molecule has 0 bridgehead atoms. The lowest BCUT2D eigenvalue weighted by Gasteiger charge is -2.04. The van der Waals surface area contributed by atoms with Crippen LogP contribution in [0.15, 0.2) is 34.3 Å². The van der Waals surface area contributed by atoms with Crippen LogP contribution in [0.5, 0.6) is 0 Å². The molecule has 1 saturated carbocycles. The van der Waals surface area contributed by atoms with Crippen molar-refractivity contribution in [3.63, 3.8) is 0 Å². The summed E-state index contributed by atoms with van der Waals surface area (Å²) in [6, 6.07) is 9.01. The molecule has 0 spiro atoms. The third-order valence-corrected chi connectivity index (χ3v) is 3.83. The van der Waals surface area contributed by atoms with Gasteiger partial charge in [0.15, 0.2) is 0 Å². The molecule has 1 aromatic heterocycles. The highest BCUT2D eigenvalue weighted by Crippen LogP contribution is 2.37. The van der Waals surface area contributed by atoms with Crippen molar-refractivity contribution in [2.75, 3.05) is 7.05 Å². The lowest BCUT2D eigenvalue weighted by Crippen LogP contribution is -2.04. The average molecular weight is 261 g/mol. The summed E-state index contributed by atoms with van der Waals surface area (Å²) in [5.74, 6) is 0. The van der Waals surface area contributed by atoms with Gasteiger partial charge in [-0.3, -0.25) is 0 Å². The first-order valence-electron chi connectivity index (χ1n) is 6.06. The highest BCUT2D eigenvalue weighted by molar-refractivity contribution is 7.99. The van der Waals surface area contributed by atoms with Crippen LogP contribution in [0.1, 0.15) is 24.4 Å². The zero-order valence-corrected chi connectivity index (χ0v) is 11.0. The summed E-state index contributed by atoms with van der Waals surface area (Å²) in [5.41, 5.74) is 1.28. The van der Waals surface area contributed by atoms with Crippen LogP contribution in [0.2, 0.25) is 0 Å². The molecule has 0 aliphatic heterocycles. The van der Waals surface area contributed by atoms with Gasteiger partial charge in [-0.15, -0.1) is 5.10 Å². The van der Waals surface area contributed by atoms with E-state index in [1.807, 2.05) is 11.7 Å². The van der Waals surface area contributed by atoms with E-state index in [1.165, 1.54) is 23.3 Å². The van der Waals surface area contributed by atoms with Gasteiger partial charge >= 0.3 is 0 Å². The first-order chi connectivity index (χ1) is 8.86. The SMILES string of the molecule is CNCc1ccc(Sc2nnnn2C2CC2)cc1. The standard InChI is InChI=1S/C12H15N5S/c1-13-8-9-2-6-11(7-3-9)18-12-14-15-16-17(12)10-4-5-10/h2-3,6-7,10,13H,4-5,8H2,1H3. The number of hydrogen-bond donors (Lipinski definition) is 1. The average Bonchev–Trinajstić information content (AvgIpc) is 3.13. The lowest BCUT2D eigenvalue weighted by atomic mass is 10.2. The van der Waals surface area contributed by atoms with Crippen molar-refractivity contribution in [3.05, 3.63) is 29.8 Å². The first-order valence-corrected chi connectivity index (χ1v) is 6.88. The minimum atomic E-state index is 0.520. The van der Waals surface area contributed by atoms with Crippen LogP contribution < -0.4 is 5.32 Å². The second kappa shape index (κ2) is 5.07. The molecule has 1 N–H and O–H groups in total. The third-order valence-electron chi connectivity index (χ3n) is 2.87. The van der Waals surface area contributed by atoms with E-state index in [1.54, 1.807) is 11.8 Å². The molecule has 5 nitrogen and oxygen atoms in total. The topological polar surface area (TPSA) is 55.6 Å². The van der Waals surface area contributed by atoms with Crippen LogP contribution in [0.3, 0.4) is 0 Å². The van der Waals surface area contributed by atoms with Crippen LogP contribution in [0.4, 0.5) is 0 Å².